The van der Waals surface area contributed by atoms with Gasteiger partial charge in [-0.15, -0.1) is 15.3 Å². The number of hydrogen-bond donors (Lipinski definition) is 1. The second kappa shape index (κ2) is 5.02. The molecular formula is C9H13N5OS. The van der Waals surface area contributed by atoms with Gasteiger partial charge >= 0.3 is 0 Å². The van der Waals surface area contributed by atoms with E-state index in [1.807, 2.05) is 0 Å². The smallest absolute Gasteiger partial charge is 0.282 e. The summed E-state index contributed by atoms with van der Waals surface area (Å²) in [5.41, 5.74) is 0. The average molecular weight is 239 g/mol. The van der Waals surface area contributed by atoms with Crippen molar-refractivity contribution in [1.82, 2.24) is 25.1 Å². The summed E-state index contributed by atoms with van der Waals surface area (Å²) in [7, 11) is 0. The van der Waals surface area contributed by atoms with Crippen molar-refractivity contribution in [2.24, 2.45) is 0 Å². The number of amides is 1. The highest BCUT2D eigenvalue weighted by Crippen LogP contribution is 2.10. The lowest BCUT2D eigenvalue weighted by atomic mass is 10.2. The Kier molecular flexibility index (Phi) is 3.45. The zero-order valence-electron chi connectivity index (χ0n) is 9.01. The minimum atomic E-state index is -0.133. The third kappa shape index (κ3) is 2.35. The number of unbranched alkanes of at least 4 members (excludes halogenated alkanes) is 2. The van der Waals surface area contributed by atoms with Gasteiger partial charge in [0.1, 0.15) is 6.33 Å². The number of hydrogen-bond acceptors (Lipinski definition) is 5. The van der Waals surface area contributed by atoms with Crippen LogP contribution in [0.4, 0.5) is 0 Å². The molecule has 2 aromatic rings. The number of rotatable bonds is 5. The quantitative estimate of drug-likeness (QED) is 0.793. The fraction of sp³-hybridized carbons (Fsp3) is 0.556. The lowest BCUT2D eigenvalue weighted by Gasteiger charge is -2.00. The van der Waals surface area contributed by atoms with Gasteiger partial charge in [-0.05, 0) is 6.42 Å². The predicted molar refractivity (Wildman–Crippen MR) is 60.5 cm³/mol. The van der Waals surface area contributed by atoms with E-state index in [1.165, 1.54) is 22.2 Å². The molecule has 2 heterocycles. The van der Waals surface area contributed by atoms with Crippen LogP contribution in [0.15, 0.2) is 6.33 Å². The summed E-state index contributed by atoms with van der Waals surface area (Å²) < 4.78 is 1.51. The second-order valence-corrected chi connectivity index (χ2v) is 4.38. The van der Waals surface area contributed by atoms with Crippen LogP contribution in [0.5, 0.6) is 0 Å². The van der Waals surface area contributed by atoms with E-state index in [2.05, 4.69) is 27.5 Å². The first-order valence-corrected chi connectivity index (χ1v) is 6.08. The molecule has 0 unspecified atom stereocenters. The van der Waals surface area contributed by atoms with E-state index >= 15 is 0 Å². The summed E-state index contributed by atoms with van der Waals surface area (Å²) in [5.74, 6) is -0.133. The number of nitrogens with zero attached hydrogens (tertiary/aromatic N) is 4. The van der Waals surface area contributed by atoms with Gasteiger partial charge in [0.25, 0.3) is 5.91 Å². The third-order valence-corrected chi connectivity index (χ3v) is 3.06. The van der Waals surface area contributed by atoms with E-state index in [-0.39, 0.29) is 5.91 Å². The summed E-state index contributed by atoms with van der Waals surface area (Å²) in [6.45, 7) is 2.83. The largest absolute Gasteiger partial charge is 0.350 e. The average Bonchev–Trinajstić information content (AvgIpc) is 2.83. The topological polar surface area (TPSA) is 72.2 Å². The molecule has 0 atom stereocenters. The van der Waals surface area contributed by atoms with E-state index in [4.69, 9.17) is 0 Å². The normalized spacial score (nSPS) is 10.8. The number of carbonyl (C=O) groups excluding carboxylic acids is 1. The Balaban J connectivity index is 1.92. The highest BCUT2D eigenvalue weighted by atomic mass is 32.1. The van der Waals surface area contributed by atoms with Crippen LogP contribution in [0, 0.1) is 0 Å². The van der Waals surface area contributed by atoms with Crippen molar-refractivity contribution in [2.45, 2.75) is 26.2 Å². The van der Waals surface area contributed by atoms with E-state index in [0.717, 1.165) is 19.3 Å². The van der Waals surface area contributed by atoms with Crippen LogP contribution in [0.3, 0.4) is 0 Å². The van der Waals surface area contributed by atoms with Crippen molar-refractivity contribution >= 4 is 22.2 Å². The molecule has 0 spiro atoms. The van der Waals surface area contributed by atoms with Gasteiger partial charge in [0.05, 0.1) is 0 Å². The number of nitrogens with one attached hydrogen (secondary N) is 1. The van der Waals surface area contributed by atoms with Gasteiger partial charge in [0, 0.05) is 6.54 Å². The monoisotopic (exact) mass is 239 g/mol. The molecule has 0 saturated heterocycles. The predicted octanol–water partition coefficient (Wildman–Crippen LogP) is 1.11. The van der Waals surface area contributed by atoms with Crippen LogP contribution in [0.1, 0.15) is 36.0 Å². The number of aromatic nitrogens is 4. The fourth-order valence-corrected chi connectivity index (χ4v) is 2.04. The van der Waals surface area contributed by atoms with Crippen molar-refractivity contribution in [3.05, 3.63) is 11.3 Å². The number of carbonyl (C=O) groups is 1. The molecule has 1 amide bonds. The molecule has 2 rings (SSSR count). The standard InChI is InChI=1S/C9H13N5OS/c1-2-3-4-5-10-7(15)8-13-14-6-11-12-9(14)16-8/h6H,2-5H2,1H3,(H,10,15). The molecule has 0 aliphatic heterocycles. The molecule has 0 aliphatic rings. The zero-order chi connectivity index (χ0) is 11.4. The fourth-order valence-electron chi connectivity index (χ4n) is 1.30. The molecule has 1 N–H and O–H groups in total. The van der Waals surface area contributed by atoms with Crippen LogP contribution in [-0.2, 0) is 0 Å². The highest BCUT2D eigenvalue weighted by Gasteiger charge is 2.12. The van der Waals surface area contributed by atoms with Crippen molar-refractivity contribution in [3.63, 3.8) is 0 Å². The minimum Gasteiger partial charge on any atom is -0.350 e. The molecule has 6 nitrogen and oxygen atoms in total. The Morgan fingerprint density at radius 2 is 2.44 bits per heavy atom. The SMILES string of the molecule is CCCCCNC(=O)c1nn2cnnc2s1. The molecule has 0 radical (unpaired) electrons. The van der Waals surface area contributed by atoms with Crippen molar-refractivity contribution in [3.8, 4) is 0 Å². The molecule has 2 aromatic heterocycles. The van der Waals surface area contributed by atoms with Crippen LogP contribution in [0.25, 0.3) is 4.96 Å². The van der Waals surface area contributed by atoms with Crippen LogP contribution in [-0.4, -0.2) is 32.3 Å². The molecule has 86 valence electrons. The van der Waals surface area contributed by atoms with Gasteiger partial charge in [0.15, 0.2) is 0 Å². The molecule has 0 aliphatic carbocycles. The van der Waals surface area contributed by atoms with Gasteiger partial charge in [-0.3, -0.25) is 4.79 Å². The minimum absolute atomic E-state index is 0.133. The zero-order valence-corrected chi connectivity index (χ0v) is 9.83. The Labute approximate surface area is 96.7 Å². The van der Waals surface area contributed by atoms with Crippen molar-refractivity contribution < 1.29 is 4.79 Å². The second-order valence-electron chi connectivity index (χ2n) is 3.43. The van der Waals surface area contributed by atoms with Crippen molar-refractivity contribution in [1.29, 1.82) is 0 Å². The maximum Gasteiger partial charge on any atom is 0.282 e. The van der Waals surface area contributed by atoms with E-state index < -0.39 is 0 Å². The summed E-state index contributed by atoms with van der Waals surface area (Å²) in [6, 6.07) is 0. The summed E-state index contributed by atoms with van der Waals surface area (Å²) in [6.07, 6.45) is 4.77. The molecule has 0 bridgehead atoms. The van der Waals surface area contributed by atoms with Gasteiger partial charge < -0.3 is 5.32 Å². The summed E-state index contributed by atoms with van der Waals surface area (Å²) in [4.78, 5) is 12.3. The molecule has 0 aromatic carbocycles. The Bertz CT molecular complexity index is 448. The van der Waals surface area contributed by atoms with Crippen LogP contribution >= 0.6 is 11.3 Å². The molecule has 7 heteroatoms. The van der Waals surface area contributed by atoms with Gasteiger partial charge in [-0.1, -0.05) is 31.1 Å². The molecule has 0 saturated carbocycles. The van der Waals surface area contributed by atoms with Gasteiger partial charge in [0.2, 0.25) is 9.97 Å². The molecular weight excluding hydrogens is 226 g/mol. The van der Waals surface area contributed by atoms with E-state index in [0.29, 0.717) is 16.5 Å². The molecule has 16 heavy (non-hydrogen) atoms. The Morgan fingerprint density at radius 1 is 1.56 bits per heavy atom. The third-order valence-electron chi connectivity index (χ3n) is 2.15. The first-order chi connectivity index (χ1) is 7.81. The van der Waals surface area contributed by atoms with Gasteiger partial charge in [-0.2, -0.15) is 4.52 Å². The first kappa shape index (κ1) is 11.0. The van der Waals surface area contributed by atoms with Gasteiger partial charge in [-0.25, -0.2) is 0 Å². The first-order valence-electron chi connectivity index (χ1n) is 5.26. The van der Waals surface area contributed by atoms with E-state index in [1.54, 1.807) is 0 Å². The summed E-state index contributed by atoms with van der Waals surface area (Å²) >= 11 is 1.24. The lowest BCUT2D eigenvalue weighted by Crippen LogP contribution is -2.24. The Hall–Kier alpha value is -1.50. The van der Waals surface area contributed by atoms with Crippen LogP contribution < -0.4 is 5.32 Å². The number of fused-ring (bicyclic) bond motifs is 1. The lowest BCUT2D eigenvalue weighted by molar-refractivity contribution is 0.0951. The maximum absolute atomic E-state index is 11.7. The maximum atomic E-state index is 11.7. The Morgan fingerprint density at radius 3 is 3.19 bits per heavy atom. The van der Waals surface area contributed by atoms with Crippen molar-refractivity contribution in [2.75, 3.05) is 6.54 Å². The summed E-state index contributed by atoms with van der Waals surface area (Å²) in [5, 5.41) is 14.8. The molecule has 0 fully saturated rings. The van der Waals surface area contributed by atoms with E-state index in [9.17, 15) is 4.79 Å². The highest BCUT2D eigenvalue weighted by molar-refractivity contribution is 7.18. The van der Waals surface area contributed by atoms with Crippen LogP contribution in [0.2, 0.25) is 0 Å².